The van der Waals surface area contributed by atoms with Crippen molar-refractivity contribution in [2.75, 3.05) is 5.32 Å². The summed E-state index contributed by atoms with van der Waals surface area (Å²) in [6.45, 7) is 0. The highest BCUT2D eigenvalue weighted by atomic mass is 19.1. The number of rotatable bonds is 5. The topological polar surface area (TPSA) is 77.6 Å². The Balaban J connectivity index is 1.37. The second kappa shape index (κ2) is 8.62. The van der Waals surface area contributed by atoms with Gasteiger partial charge in [0.25, 0.3) is 11.5 Å². The van der Waals surface area contributed by atoms with E-state index in [1.54, 1.807) is 28.9 Å². The molecule has 0 aliphatic rings. The third-order valence-corrected chi connectivity index (χ3v) is 5.10. The molecule has 0 atom stereocenters. The van der Waals surface area contributed by atoms with Crippen LogP contribution in [0.25, 0.3) is 11.2 Å². The van der Waals surface area contributed by atoms with Gasteiger partial charge in [-0.25, -0.2) is 13.3 Å². The maximum absolute atomic E-state index is 14.7. The molecule has 34 heavy (non-hydrogen) atoms. The van der Waals surface area contributed by atoms with Gasteiger partial charge in [0, 0.05) is 35.9 Å². The average molecular weight is 458 g/mol. The van der Waals surface area contributed by atoms with Crippen molar-refractivity contribution in [3.8, 4) is 17.2 Å². The van der Waals surface area contributed by atoms with Gasteiger partial charge in [-0.2, -0.15) is 5.10 Å². The van der Waals surface area contributed by atoms with Crippen LogP contribution < -0.4 is 15.6 Å². The molecule has 0 spiro atoms. The molecule has 3 aromatic heterocycles. The third kappa shape index (κ3) is 4.02. The lowest BCUT2D eigenvalue weighted by Crippen LogP contribution is -2.27. The molecule has 7 nitrogen and oxygen atoms in total. The first-order valence-electron chi connectivity index (χ1n) is 10.2. The van der Waals surface area contributed by atoms with Gasteiger partial charge in [0.05, 0.1) is 6.20 Å². The molecule has 0 aliphatic carbocycles. The second-order valence-electron chi connectivity index (χ2n) is 7.31. The average Bonchev–Trinajstić information content (AvgIpc) is 3.31. The summed E-state index contributed by atoms with van der Waals surface area (Å²) in [4.78, 5) is 25.5. The molecule has 0 fully saturated rings. The summed E-state index contributed by atoms with van der Waals surface area (Å²) in [5.41, 5.74) is 0.470. The Hall–Kier alpha value is -4.79. The minimum atomic E-state index is -0.710. The molecule has 1 N–H and O–H groups in total. The summed E-state index contributed by atoms with van der Waals surface area (Å²) in [6.07, 6.45) is 4.75. The Morgan fingerprint density at radius 2 is 1.71 bits per heavy atom. The van der Waals surface area contributed by atoms with E-state index >= 15 is 0 Å². The molecule has 0 bridgehead atoms. The van der Waals surface area contributed by atoms with Crippen LogP contribution >= 0.6 is 0 Å². The summed E-state index contributed by atoms with van der Waals surface area (Å²) in [5.74, 6) is -1.47. The first kappa shape index (κ1) is 21.1. The van der Waals surface area contributed by atoms with Crippen LogP contribution in [0.5, 0.6) is 11.5 Å². The minimum Gasteiger partial charge on any atom is -0.452 e. The van der Waals surface area contributed by atoms with Crippen LogP contribution in [0.15, 0.2) is 96.2 Å². The smallest absolute Gasteiger partial charge is 0.267 e. The zero-order valence-corrected chi connectivity index (χ0v) is 17.5. The number of fused-ring (bicyclic) bond motifs is 1. The zero-order chi connectivity index (χ0) is 23.7. The number of carbonyl (C=O) groups excluding carboxylic acids is 1. The van der Waals surface area contributed by atoms with Crippen molar-refractivity contribution < 1.29 is 18.3 Å². The molecular weight excluding hydrogens is 442 g/mol. The van der Waals surface area contributed by atoms with Crippen LogP contribution in [-0.4, -0.2) is 20.1 Å². The van der Waals surface area contributed by atoms with Gasteiger partial charge in [-0.1, -0.05) is 0 Å². The maximum atomic E-state index is 14.7. The van der Waals surface area contributed by atoms with Crippen molar-refractivity contribution in [3.05, 3.63) is 119 Å². The first-order chi connectivity index (χ1) is 16.5. The Morgan fingerprint density at radius 3 is 2.50 bits per heavy atom. The number of pyridine rings is 1. The molecule has 5 aromatic rings. The van der Waals surface area contributed by atoms with Crippen molar-refractivity contribution in [3.63, 3.8) is 0 Å². The predicted octanol–water partition coefficient (Wildman–Crippen LogP) is 4.81. The summed E-state index contributed by atoms with van der Waals surface area (Å²) in [7, 11) is 0. The predicted molar refractivity (Wildman–Crippen MR) is 122 cm³/mol. The van der Waals surface area contributed by atoms with Crippen LogP contribution in [0, 0.1) is 11.6 Å². The van der Waals surface area contributed by atoms with Gasteiger partial charge in [0.15, 0.2) is 17.3 Å². The SMILES string of the molecule is O=C(Nc1ccc(Oc2ccnn3cccc23)c(F)c1)c1cccn(-c2ccc(F)cc2)c1=O. The van der Waals surface area contributed by atoms with E-state index in [1.165, 1.54) is 65.5 Å². The van der Waals surface area contributed by atoms with Crippen molar-refractivity contribution in [1.29, 1.82) is 0 Å². The lowest BCUT2D eigenvalue weighted by molar-refractivity contribution is 0.102. The normalized spacial score (nSPS) is 10.9. The highest BCUT2D eigenvalue weighted by Crippen LogP contribution is 2.29. The Morgan fingerprint density at radius 1 is 0.912 bits per heavy atom. The fourth-order valence-electron chi connectivity index (χ4n) is 3.46. The molecule has 2 aromatic carbocycles. The van der Waals surface area contributed by atoms with Crippen LogP contribution in [0.1, 0.15) is 10.4 Å². The number of nitrogens with one attached hydrogen (secondary N) is 1. The lowest BCUT2D eigenvalue weighted by atomic mass is 10.2. The first-order valence-corrected chi connectivity index (χ1v) is 10.2. The number of hydrogen-bond acceptors (Lipinski definition) is 4. The largest absolute Gasteiger partial charge is 0.452 e. The molecule has 1 amide bonds. The highest BCUT2D eigenvalue weighted by Gasteiger charge is 2.15. The van der Waals surface area contributed by atoms with E-state index in [-0.39, 0.29) is 17.0 Å². The molecule has 168 valence electrons. The second-order valence-corrected chi connectivity index (χ2v) is 7.31. The van der Waals surface area contributed by atoms with Gasteiger partial charge in [0.2, 0.25) is 0 Å². The maximum Gasteiger partial charge on any atom is 0.267 e. The van der Waals surface area contributed by atoms with E-state index in [2.05, 4.69) is 10.4 Å². The molecule has 3 heterocycles. The molecule has 9 heteroatoms. The highest BCUT2D eigenvalue weighted by molar-refractivity contribution is 6.04. The number of anilines is 1. The number of amides is 1. The van der Waals surface area contributed by atoms with Gasteiger partial charge in [-0.3, -0.25) is 14.2 Å². The van der Waals surface area contributed by atoms with Crippen LogP contribution in [0.3, 0.4) is 0 Å². The van der Waals surface area contributed by atoms with Crippen molar-refractivity contribution in [2.24, 2.45) is 0 Å². The van der Waals surface area contributed by atoms with Crippen LogP contribution in [-0.2, 0) is 0 Å². The molecule has 0 saturated carbocycles. The number of ether oxygens (including phenoxy) is 1. The number of hydrogen-bond donors (Lipinski definition) is 1. The van der Waals surface area contributed by atoms with Crippen LogP contribution in [0.2, 0.25) is 0 Å². The fraction of sp³-hybridized carbons (Fsp3) is 0. The van der Waals surface area contributed by atoms with E-state index in [0.717, 1.165) is 6.07 Å². The van der Waals surface area contributed by atoms with Gasteiger partial charge in [-0.15, -0.1) is 0 Å². The van der Waals surface area contributed by atoms with Crippen molar-refractivity contribution in [2.45, 2.75) is 0 Å². The minimum absolute atomic E-state index is 0.0364. The number of benzene rings is 2. The summed E-state index contributed by atoms with van der Waals surface area (Å²) in [6, 6.07) is 17.3. The van der Waals surface area contributed by atoms with E-state index in [9.17, 15) is 18.4 Å². The van der Waals surface area contributed by atoms with E-state index in [1.807, 2.05) is 0 Å². The zero-order valence-electron chi connectivity index (χ0n) is 17.5. The third-order valence-electron chi connectivity index (χ3n) is 5.10. The Labute approximate surface area is 191 Å². The van der Waals surface area contributed by atoms with Crippen molar-refractivity contribution >= 4 is 17.1 Å². The molecule has 0 saturated heterocycles. The number of carbonyl (C=O) groups is 1. The number of nitrogens with zero attached hydrogens (tertiary/aromatic N) is 3. The lowest BCUT2D eigenvalue weighted by Gasteiger charge is -2.11. The Kier molecular flexibility index (Phi) is 5.35. The molecule has 0 unspecified atom stereocenters. The standard InChI is InChI=1S/C25H16F2N4O3/c26-16-5-8-18(9-6-16)30-13-1-3-19(25(30)33)24(32)29-17-7-10-22(20(27)15-17)34-23-11-12-28-31-14-2-4-21(23)31/h1-15H,(H,29,32). The molecular formula is C25H16F2N4O3. The van der Waals surface area contributed by atoms with E-state index < -0.39 is 23.1 Å². The van der Waals surface area contributed by atoms with Gasteiger partial charge < -0.3 is 10.1 Å². The number of aromatic nitrogens is 3. The van der Waals surface area contributed by atoms with E-state index in [4.69, 9.17) is 4.74 Å². The van der Waals surface area contributed by atoms with Crippen LogP contribution in [0.4, 0.5) is 14.5 Å². The quantitative estimate of drug-likeness (QED) is 0.410. The fourth-order valence-corrected chi connectivity index (χ4v) is 3.46. The monoisotopic (exact) mass is 458 g/mol. The van der Waals surface area contributed by atoms with Crippen molar-refractivity contribution in [1.82, 2.24) is 14.2 Å². The summed E-state index contributed by atoms with van der Waals surface area (Å²) in [5, 5.41) is 6.65. The Bertz CT molecular complexity index is 1580. The van der Waals surface area contributed by atoms with Gasteiger partial charge >= 0.3 is 0 Å². The summed E-state index contributed by atoms with van der Waals surface area (Å²) >= 11 is 0. The molecule has 0 aliphatic heterocycles. The summed E-state index contributed by atoms with van der Waals surface area (Å²) < 4.78 is 36.4. The van der Waals surface area contributed by atoms with E-state index in [0.29, 0.717) is 17.0 Å². The molecule has 0 radical (unpaired) electrons. The van der Waals surface area contributed by atoms with Gasteiger partial charge in [-0.05, 0) is 60.7 Å². The van der Waals surface area contributed by atoms with Gasteiger partial charge in [0.1, 0.15) is 16.9 Å². The molecule has 5 rings (SSSR count). The number of halogens is 2.